The van der Waals surface area contributed by atoms with Gasteiger partial charge in [0.15, 0.2) is 6.10 Å². The summed E-state index contributed by atoms with van der Waals surface area (Å²) in [5, 5.41) is 19.4. The van der Waals surface area contributed by atoms with Crippen molar-refractivity contribution in [1.29, 1.82) is 0 Å². The van der Waals surface area contributed by atoms with E-state index in [9.17, 15) is 9.90 Å². The smallest absolute Gasteiger partial charge is 0.333 e. The normalized spacial score (nSPS) is 13.0. The van der Waals surface area contributed by atoms with E-state index in [2.05, 4.69) is 0 Å². The van der Waals surface area contributed by atoms with Gasteiger partial charge >= 0.3 is 5.97 Å². The van der Waals surface area contributed by atoms with Gasteiger partial charge in [-0.3, -0.25) is 0 Å². The van der Waals surface area contributed by atoms with Gasteiger partial charge in [-0.15, -0.1) is 0 Å². The molecule has 0 aliphatic heterocycles. The largest absolute Gasteiger partial charge is 0.497 e. The minimum Gasteiger partial charge on any atom is -0.497 e. The molecule has 0 amide bonds. The number of carbonyl (C=O) groups is 1. The molecule has 6 nitrogen and oxygen atoms in total. The quantitative estimate of drug-likeness (QED) is 0.678. The minimum absolute atomic E-state index is 0.100. The number of methoxy groups -OCH3 is 1. The molecule has 2 aromatic rings. The molecular formula is C20H24O6. The molecule has 0 aliphatic carbocycles. The van der Waals surface area contributed by atoms with E-state index in [1.54, 1.807) is 50.4 Å². The Hall–Kier alpha value is -2.57. The average molecular weight is 360 g/mol. The molecule has 6 heteroatoms. The lowest BCUT2D eigenvalue weighted by Gasteiger charge is -2.15. The van der Waals surface area contributed by atoms with Crippen molar-refractivity contribution in [1.82, 2.24) is 0 Å². The fourth-order valence-electron chi connectivity index (χ4n) is 2.47. The summed E-state index contributed by atoms with van der Waals surface area (Å²) in [5.74, 6) is 0.292. The van der Waals surface area contributed by atoms with Gasteiger partial charge in [-0.1, -0.05) is 24.3 Å². The van der Waals surface area contributed by atoms with Crippen LogP contribution in [0.25, 0.3) is 0 Å². The maximum atomic E-state index is 11.1. The zero-order valence-corrected chi connectivity index (χ0v) is 14.9. The molecule has 26 heavy (non-hydrogen) atoms. The van der Waals surface area contributed by atoms with Crippen molar-refractivity contribution in [3.05, 3.63) is 59.7 Å². The lowest BCUT2D eigenvalue weighted by Crippen LogP contribution is -2.26. The predicted octanol–water partition coefficient (Wildman–Crippen LogP) is 2.84. The Kier molecular flexibility index (Phi) is 7.44. The molecular weight excluding hydrogens is 336 g/mol. The molecule has 0 saturated carbocycles. The second kappa shape index (κ2) is 9.79. The van der Waals surface area contributed by atoms with E-state index in [-0.39, 0.29) is 13.0 Å². The molecule has 2 atom stereocenters. The van der Waals surface area contributed by atoms with Crippen molar-refractivity contribution in [2.24, 2.45) is 0 Å². The van der Waals surface area contributed by atoms with Crippen LogP contribution in [0.1, 0.15) is 24.2 Å². The third-order valence-electron chi connectivity index (χ3n) is 3.87. The van der Waals surface area contributed by atoms with Gasteiger partial charge in [-0.2, -0.15) is 0 Å². The lowest BCUT2D eigenvalue weighted by atomic mass is 10.1. The molecule has 2 aromatic carbocycles. The van der Waals surface area contributed by atoms with Crippen molar-refractivity contribution in [3.8, 4) is 11.5 Å². The van der Waals surface area contributed by atoms with Crippen LogP contribution in [-0.4, -0.2) is 42.6 Å². The minimum atomic E-state index is -0.978. The number of hydrogen-bond donors (Lipinski definition) is 2. The highest BCUT2D eigenvalue weighted by Crippen LogP contribution is 2.21. The standard InChI is InChI=1S/C20H24O6/c1-3-25-19(20(22)23)11-14-7-9-16(10-8-14)26-13-18(21)15-5-4-6-17(12-15)24-2/h4-10,12,18-19,21H,3,11,13H2,1-2H3,(H,22,23)/t18-,19+/m0/s1. The maximum Gasteiger partial charge on any atom is 0.333 e. The van der Waals surface area contributed by atoms with E-state index in [0.717, 1.165) is 5.56 Å². The van der Waals surface area contributed by atoms with E-state index in [1.165, 1.54) is 0 Å². The summed E-state index contributed by atoms with van der Waals surface area (Å²) in [6.07, 6.45) is -1.35. The van der Waals surface area contributed by atoms with Crippen LogP contribution in [-0.2, 0) is 16.0 Å². The van der Waals surface area contributed by atoms with Gasteiger partial charge in [0.25, 0.3) is 0 Å². The summed E-state index contributed by atoms with van der Waals surface area (Å²) < 4.78 is 16.0. The number of rotatable bonds is 10. The van der Waals surface area contributed by atoms with E-state index < -0.39 is 18.2 Å². The molecule has 0 fully saturated rings. The van der Waals surface area contributed by atoms with Crippen molar-refractivity contribution in [3.63, 3.8) is 0 Å². The molecule has 0 aromatic heterocycles. The van der Waals surface area contributed by atoms with Gasteiger partial charge in [-0.25, -0.2) is 4.79 Å². The SMILES string of the molecule is CCO[C@H](Cc1ccc(OC[C@H](O)c2cccc(OC)c2)cc1)C(=O)O. The molecule has 0 unspecified atom stereocenters. The number of aliphatic hydroxyl groups is 1. The number of aliphatic hydroxyl groups excluding tert-OH is 1. The second-order valence-electron chi connectivity index (χ2n) is 5.73. The number of hydrogen-bond acceptors (Lipinski definition) is 5. The number of aliphatic carboxylic acids is 1. The highest BCUT2D eigenvalue weighted by atomic mass is 16.5. The van der Waals surface area contributed by atoms with Crippen LogP contribution >= 0.6 is 0 Å². The van der Waals surface area contributed by atoms with Gasteiger partial charge in [0.05, 0.1) is 7.11 Å². The van der Waals surface area contributed by atoms with Crippen molar-refractivity contribution in [2.45, 2.75) is 25.6 Å². The Labute approximate surface area is 152 Å². The van der Waals surface area contributed by atoms with Crippen LogP contribution in [0, 0.1) is 0 Å². The number of ether oxygens (including phenoxy) is 3. The Balaban J connectivity index is 1.91. The third-order valence-corrected chi connectivity index (χ3v) is 3.87. The molecule has 0 spiro atoms. The average Bonchev–Trinajstić information content (AvgIpc) is 2.66. The second-order valence-corrected chi connectivity index (χ2v) is 5.73. The van der Waals surface area contributed by atoms with Crippen molar-refractivity contribution in [2.75, 3.05) is 20.3 Å². The summed E-state index contributed by atoms with van der Waals surface area (Å²) in [5.41, 5.74) is 1.55. The van der Waals surface area contributed by atoms with E-state index >= 15 is 0 Å². The van der Waals surface area contributed by atoms with Crippen LogP contribution in [0.4, 0.5) is 0 Å². The maximum absolute atomic E-state index is 11.1. The van der Waals surface area contributed by atoms with Crippen molar-refractivity contribution >= 4 is 5.97 Å². The molecule has 0 heterocycles. The molecule has 0 radical (unpaired) electrons. The Morgan fingerprint density at radius 3 is 2.46 bits per heavy atom. The van der Waals surface area contributed by atoms with E-state index in [4.69, 9.17) is 19.3 Å². The first kappa shape index (κ1) is 19.8. The summed E-state index contributed by atoms with van der Waals surface area (Å²) in [7, 11) is 1.57. The number of carboxylic acid groups (broad SMARTS) is 1. The van der Waals surface area contributed by atoms with Gasteiger partial charge in [-0.05, 0) is 42.3 Å². The topological polar surface area (TPSA) is 85.2 Å². The first-order valence-electron chi connectivity index (χ1n) is 8.41. The van der Waals surface area contributed by atoms with Gasteiger partial charge in [0.2, 0.25) is 0 Å². The number of carboxylic acids is 1. The monoisotopic (exact) mass is 360 g/mol. The highest BCUT2D eigenvalue weighted by Gasteiger charge is 2.18. The fraction of sp³-hybridized carbons (Fsp3) is 0.350. The molecule has 2 rings (SSSR count). The molecule has 0 aliphatic rings. The molecule has 2 N–H and O–H groups in total. The van der Waals surface area contributed by atoms with Crippen LogP contribution in [0.15, 0.2) is 48.5 Å². The zero-order valence-electron chi connectivity index (χ0n) is 14.9. The third kappa shape index (κ3) is 5.75. The highest BCUT2D eigenvalue weighted by molar-refractivity contribution is 5.72. The zero-order chi connectivity index (χ0) is 18.9. The summed E-state index contributed by atoms with van der Waals surface area (Å²) in [6.45, 7) is 2.21. The summed E-state index contributed by atoms with van der Waals surface area (Å²) >= 11 is 0. The van der Waals surface area contributed by atoms with Crippen LogP contribution < -0.4 is 9.47 Å². The first-order chi connectivity index (χ1) is 12.5. The van der Waals surface area contributed by atoms with E-state index in [0.29, 0.717) is 23.7 Å². The van der Waals surface area contributed by atoms with Crippen molar-refractivity contribution < 1.29 is 29.2 Å². The number of benzene rings is 2. The van der Waals surface area contributed by atoms with Crippen LogP contribution in [0.2, 0.25) is 0 Å². The molecule has 0 saturated heterocycles. The summed E-state index contributed by atoms with van der Waals surface area (Å²) in [6, 6.07) is 14.3. The van der Waals surface area contributed by atoms with E-state index in [1.807, 2.05) is 12.1 Å². The van der Waals surface area contributed by atoms with Gasteiger partial charge in [0.1, 0.15) is 24.2 Å². The first-order valence-corrected chi connectivity index (χ1v) is 8.41. The van der Waals surface area contributed by atoms with Crippen LogP contribution in [0.5, 0.6) is 11.5 Å². The molecule has 0 bridgehead atoms. The van der Waals surface area contributed by atoms with Gasteiger partial charge < -0.3 is 24.4 Å². The fourth-order valence-corrected chi connectivity index (χ4v) is 2.47. The van der Waals surface area contributed by atoms with Crippen LogP contribution in [0.3, 0.4) is 0 Å². The summed E-state index contributed by atoms with van der Waals surface area (Å²) in [4.78, 5) is 11.1. The van der Waals surface area contributed by atoms with Gasteiger partial charge in [0, 0.05) is 13.0 Å². The Morgan fingerprint density at radius 1 is 1.12 bits per heavy atom. The lowest BCUT2D eigenvalue weighted by molar-refractivity contribution is -0.149. The predicted molar refractivity (Wildman–Crippen MR) is 96.6 cm³/mol. The Bertz CT molecular complexity index is 698. The Morgan fingerprint density at radius 2 is 1.85 bits per heavy atom. The molecule has 140 valence electrons.